The fraction of sp³-hybridized carbons (Fsp3) is 0.238. The molecule has 8 heteroatoms. The van der Waals surface area contributed by atoms with Gasteiger partial charge in [0.05, 0.1) is 24.7 Å². The van der Waals surface area contributed by atoms with E-state index in [9.17, 15) is 14.4 Å². The number of ether oxygens (including phenoxy) is 2. The highest BCUT2D eigenvalue weighted by molar-refractivity contribution is 5.96. The minimum atomic E-state index is -1.02. The van der Waals surface area contributed by atoms with Crippen LogP contribution < -0.4 is 15.0 Å². The lowest BCUT2D eigenvalue weighted by molar-refractivity contribution is -0.154. The van der Waals surface area contributed by atoms with Gasteiger partial charge in [-0.3, -0.25) is 9.59 Å². The van der Waals surface area contributed by atoms with Crippen molar-refractivity contribution < 1.29 is 23.9 Å². The van der Waals surface area contributed by atoms with E-state index in [1.165, 1.54) is 11.8 Å². The number of nitriles is 1. The van der Waals surface area contributed by atoms with Gasteiger partial charge in [-0.2, -0.15) is 5.26 Å². The Labute approximate surface area is 167 Å². The topological polar surface area (TPSA) is 109 Å². The number of anilines is 2. The molecule has 0 aliphatic carbocycles. The molecule has 1 aliphatic rings. The molecule has 0 saturated heterocycles. The Morgan fingerprint density at radius 1 is 1.21 bits per heavy atom. The predicted molar refractivity (Wildman–Crippen MR) is 104 cm³/mol. The highest BCUT2D eigenvalue weighted by atomic mass is 16.6. The van der Waals surface area contributed by atoms with Gasteiger partial charge in [-0.1, -0.05) is 24.3 Å². The monoisotopic (exact) mass is 393 g/mol. The summed E-state index contributed by atoms with van der Waals surface area (Å²) in [6, 6.07) is 15.7. The highest BCUT2D eigenvalue weighted by Crippen LogP contribution is 2.33. The first-order chi connectivity index (χ1) is 14.0. The molecule has 0 aromatic heterocycles. The first-order valence-electron chi connectivity index (χ1n) is 8.94. The zero-order chi connectivity index (χ0) is 20.8. The molecule has 1 heterocycles. The maximum atomic E-state index is 12.4. The molecule has 2 amide bonds. The van der Waals surface area contributed by atoms with Crippen molar-refractivity contribution in [3.63, 3.8) is 0 Å². The SMILES string of the molecule is CC(=O)N1C[C@H](C(=O)OCC(=O)Nc2ccc(CC#N)cc2)Oc2ccccc21. The van der Waals surface area contributed by atoms with Gasteiger partial charge in [0, 0.05) is 12.6 Å². The third-order valence-corrected chi connectivity index (χ3v) is 4.28. The van der Waals surface area contributed by atoms with Crippen molar-refractivity contribution in [3.8, 4) is 11.8 Å². The Morgan fingerprint density at radius 2 is 1.93 bits per heavy atom. The number of fused-ring (bicyclic) bond motifs is 1. The Morgan fingerprint density at radius 3 is 2.62 bits per heavy atom. The van der Waals surface area contributed by atoms with E-state index in [0.717, 1.165) is 5.56 Å². The first kappa shape index (κ1) is 19.9. The molecule has 0 fully saturated rings. The lowest BCUT2D eigenvalue weighted by Crippen LogP contribution is -2.47. The van der Waals surface area contributed by atoms with Gasteiger partial charge in [0.1, 0.15) is 5.75 Å². The van der Waals surface area contributed by atoms with Crippen LogP contribution in [0, 0.1) is 11.3 Å². The lowest BCUT2D eigenvalue weighted by atomic mass is 10.1. The summed E-state index contributed by atoms with van der Waals surface area (Å²) in [4.78, 5) is 37.7. The zero-order valence-electron chi connectivity index (χ0n) is 15.8. The number of nitrogens with one attached hydrogen (secondary N) is 1. The molecule has 8 nitrogen and oxygen atoms in total. The number of hydrogen-bond acceptors (Lipinski definition) is 6. The molecule has 2 aromatic rings. The van der Waals surface area contributed by atoms with Crippen molar-refractivity contribution in [2.45, 2.75) is 19.4 Å². The van der Waals surface area contributed by atoms with Gasteiger partial charge in [0.2, 0.25) is 12.0 Å². The van der Waals surface area contributed by atoms with E-state index in [1.54, 1.807) is 48.5 Å². The Kier molecular flexibility index (Phi) is 6.09. The third kappa shape index (κ3) is 4.90. The molecule has 0 bridgehead atoms. The van der Waals surface area contributed by atoms with Crippen LogP contribution in [0.1, 0.15) is 12.5 Å². The number of amides is 2. The van der Waals surface area contributed by atoms with E-state index in [2.05, 4.69) is 5.32 Å². The van der Waals surface area contributed by atoms with Crippen LogP contribution in [-0.2, 0) is 25.5 Å². The molecule has 0 spiro atoms. The second-order valence-electron chi connectivity index (χ2n) is 6.39. The van der Waals surface area contributed by atoms with Gasteiger partial charge >= 0.3 is 5.97 Å². The van der Waals surface area contributed by atoms with Crippen molar-refractivity contribution >= 4 is 29.2 Å². The van der Waals surface area contributed by atoms with Crippen LogP contribution in [0.2, 0.25) is 0 Å². The second kappa shape index (κ2) is 8.89. The molecule has 148 valence electrons. The third-order valence-electron chi connectivity index (χ3n) is 4.28. The Balaban J connectivity index is 1.56. The van der Waals surface area contributed by atoms with E-state index in [0.29, 0.717) is 17.1 Å². The average Bonchev–Trinajstić information content (AvgIpc) is 2.72. The molecule has 1 atom stereocenters. The summed E-state index contributed by atoms with van der Waals surface area (Å²) >= 11 is 0. The Hall–Kier alpha value is -3.86. The van der Waals surface area contributed by atoms with Gasteiger partial charge < -0.3 is 19.7 Å². The molecule has 3 rings (SSSR count). The number of benzene rings is 2. The number of para-hydroxylation sites is 2. The molecule has 1 aliphatic heterocycles. The number of carbonyl (C=O) groups is 3. The van der Waals surface area contributed by atoms with Crippen LogP contribution in [-0.4, -0.2) is 37.0 Å². The van der Waals surface area contributed by atoms with Crippen molar-refractivity contribution in [1.29, 1.82) is 5.26 Å². The number of nitrogens with zero attached hydrogens (tertiary/aromatic N) is 2. The normalized spacial score (nSPS) is 14.8. The molecular weight excluding hydrogens is 374 g/mol. The number of carbonyl (C=O) groups excluding carboxylic acids is 3. The predicted octanol–water partition coefficient (Wildman–Crippen LogP) is 2.05. The van der Waals surface area contributed by atoms with Gasteiger partial charge in [0.15, 0.2) is 6.61 Å². The molecule has 2 aromatic carbocycles. The summed E-state index contributed by atoms with van der Waals surface area (Å²) in [6.07, 6.45) is -0.736. The minimum absolute atomic E-state index is 0.00710. The van der Waals surface area contributed by atoms with Crippen molar-refractivity contribution in [3.05, 3.63) is 54.1 Å². The van der Waals surface area contributed by atoms with Crippen molar-refractivity contribution in [2.24, 2.45) is 0 Å². The molecule has 0 saturated carbocycles. The van der Waals surface area contributed by atoms with Gasteiger partial charge in [-0.25, -0.2) is 4.79 Å². The van der Waals surface area contributed by atoms with Gasteiger partial charge in [-0.05, 0) is 29.8 Å². The van der Waals surface area contributed by atoms with Crippen molar-refractivity contribution in [1.82, 2.24) is 0 Å². The summed E-state index contributed by atoms with van der Waals surface area (Å²) in [5.74, 6) is -1.06. The summed E-state index contributed by atoms with van der Waals surface area (Å²) in [6.45, 7) is 0.924. The largest absolute Gasteiger partial charge is 0.475 e. The zero-order valence-corrected chi connectivity index (χ0v) is 15.8. The maximum Gasteiger partial charge on any atom is 0.349 e. The number of esters is 1. The van der Waals surface area contributed by atoms with Crippen LogP contribution >= 0.6 is 0 Å². The smallest absolute Gasteiger partial charge is 0.349 e. The van der Waals surface area contributed by atoms with Crippen LogP contribution in [0.15, 0.2) is 48.5 Å². The summed E-state index contributed by atoms with van der Waals surface area (Å²) in [7, 11) is 0. The fourth-order valence-corrected chi connectivity index (χ4v) is 2.88. The number of rotatable bonds is 5. The standard InChI is InChI=1S/C21H19N3O5/c1-14(25)24-12-19(29-18-5-3-2-4-17(18)24)21(27)28-13-20(26)23-16-8-6-15(7-9-16)10-11-22/h2-9,19H,10,12-13H2,1H3,(H,23,26)/t19-/m1/s1. The molecule has 29 heavy (non-hydrogen) atoms. The van der Waals surface area contributed by atoms with E-state index in [4.69, 9.17) is 14.7 Å². The fourth-order valence-electron chi connectivity index (χ4n) is 2.88. The summed E-state index contributed by atoms with van der Waals surface area (Å²) < 4.78 is 10.7. The van der Waals surface area contributed by atoms with Crippen LogP contribution in [0.3, 0.4) is 0 Å². The molecular formula is C21H19N3O5. The van der Waals surface area contributed by atoms with Gasteiger partial charge in [-0.15, -0.1) is 0 Å². The molecule has 0 unspecified atom stereocenters. The first-order valence-corrected chi connectivity index (χ1v) is 8.94. The van der Waals surface area contributed by atoms with Crippen LogP contribution in [0.25, 0.3) is 0 Å². The Bertz CT molecular complexity index is 965. The van der Waals surface area contributed by atoms with Gasteiger partial charge in [0.25, 0.3) is 5.91 Å². The second-order valence-corrected chi connectivity index (χ2v) is 6.39. The van der Waals surface area contributed by atoms with E-state index < -0.39 is 24.6 Å². The quantitative estimate of drug-likeness (QED) is 0.779. The maximum absolute atomic E-state index is 12.4. The average molecular weight is 393 g/mol. The van der Waals surface area contributed by atoms with E-state index in [-0.39, 0.29) is 18.9 Å². The lowest BCUT2D eigenvalue weighted by Gasteiger charge is -2.33. The summed E-state index contributed by atoms with van der Waals surface area (Å²) in [5, 5.41) is 11.3. The minimum Gasteiger partial charge on any atom is -0.475 e. The van der Waals surface area contributed by atoms with Crippen LogP contribution in [0.4, 0.5) is 11.4 Å². The van der Waals surface area contributed by atoms with Crippen molar-refractivity contribution in [2.75, 3.05) is 23.4 Å². The highest BCUT2D eigenvalue weighted by Gasteiger charge is 2.33. The molecule has 1 N–H and O–H groups in total. The molecule has 0 radical (unpaired) electrons. The van der Waals surface area contributed by atoms with E-state index >= 15 is 0 Å². The number of hydrogen-bond donors (Lipinski definition) is 1. The van der Waals surface area contributed by atoms with E-state index in [1.807, 2.05) is 6.07 Å². The summed E-state index contributed by atoms with van der Waals surface area (Å²) in [5.41, 5.74) is 1.95. The van der Waals surface area contributed by atoms with Crippen LogP contribution in [0.5, 0.6) is 5.75 Å².